The van der Waals surface area contributed by atoms with Gasteiger partial charge in [0.2, 0.25) is 0 Å². The molecule has 1 heterocycles. The first-order chi connectivity index (χ1) is 7.80. The fourth-order valence-electron chi connectivity index (χ4n) is 1.73. The van der Waals surface area contributed by atoms with Crippen LogP contribution in [0.4, 0.5) is 0 Å². The zero-order chi connectivity index (χ0) is 11.4. The summed E-state index contributed by atoms with van der Waals surface area (Å²) in [4.78, 5) is 0. The molecule has 1 atom stereocenters. The molecule has 0 N–H and O–H groups in total. The van der Waals surface area contributed by atoms with Gasteiger partial charge >= 0.3 is 0 Å². The molecular weight excluding hydrogens is 196 g/mol. The molecule has 2 nitrogen and oxygen atoms in total. The van der Waals surface area contributed by atoms with Crippen LogP contribution in [0.2, 0.25) is 0 Å². The van der Waals surface area contributed by atoms with Crippen LogP contribution in [0, 0.1) is 24.7 Å². The number of aromatic nitrogens is 2. The quantitative estimate of drug-likeness (QED) is 0.655. The van der Waals surface area contributed by atoms with Gasteiger partial charge in [0.25, 0.3) is 0 Å². The Morgan fingerprint density at radius 1 is 1.38 bits per heavy atom. The van der Waals surface area contributed by atoms with Crippen molar-refractivity contribution >= 4 is 0 Å². The minimum absolute atomic E-state index is 0.551. The number of rotatable bonds is 1. The zero-order valence-corrected chi connectivity index (χ0v) is 8.72. The van der Waals surface area contributed by atoms with Gasteiger partial charge in [-0.3, -0.25) is 0 Å². The Morgan fingerprint density at radius 2 is 2.25 bits per heavy atom. The molecule has 0 radical (unpaired) electrons. The maximum atomic E-state index is 5.62. The second-order valence-electron chi connectivity index (χ2n) is 3.60. The Kier molecular flexibility index (Phi) is 2.58. The summed E-state index contributed by atoms with van der Waals surface area (Å²) in [7, 11) is 0. The molecule has 0 saturated carbocycles. The van der Waals surface area contributed by atoms with Crippen molar-refractivity contribution in [1.82, 2.24) is 10.2 Å². The topological polar surface area (TPSA) is 25.8 Å². The fourth-order valence-corrected chi connectivity index (χ4v) is 1.73. The first-order valence-corrected chi connectivity index (χ1v) is 4.92. The van der Waals surface area contributed by atoms with E-state index in [2.05, 4.69) is 22.0 Å². The lowest BCUT2D eigenvalue weighted by atomic mass is 9.76. The van der Waals surface area contributed by atoms with Gasteiger partial charge < -0.3 is 0 Å². The summed E-state index contributed by atoms with van der Waals surface area (Å²) in [6.45, 7) is 0. The third kappa shape index (κ3) is 1.62. The van der Waals surface area contributed by atoms with E-state index in [0.717, 1.165) is 11.3 Å². The van der Waals surface area contributed by atoms with E-state index in [4.69, 9.17) is 12.8 Å². The molecule has 0 amide bonds. The van der Waals surface area contributed by atoms with Crippen molar-refractivity contribution in [2.75, 3.05) is 0 Å². The van der Waals surface area contributed by atoms with Crippen LogP contribution in [0.25, 0.3) is 0 Å². The molecule has 0 saturated heterocycles. The minimum atomic E-state index is -0.551. The Hall–Kier alpha value is -2.32. The van der Waals surface area contributed by atoms with Crippen molar-refractivity contribution in [3.63, 3.8) is 0 Å². The first-order valence-electron chi connectivity index (χ1n) is 4.92. The van der Waals surface area contributed by atoms with Crippen molar-refractivity contribution in [3.05, 3.63) is 47.8 Å². The van der Waals surface area contributed by atoms with Crippen molar-refractivity contribution < 1.29 is 0 Å². The molecule has 1 aliphatic carbocycles. The highest BCUT2D eigenvalue weighted by Gasteiger charge is 2.31. The molecule has 16 heavy (non-hydrogen) atoms. The van der Waals surface area contributed by atoms with Crippen LogP contribution in [-0.4, -0.2) is 10.2 Å². The van der Waals surface area contributed by atoms with Crippen LogP contribution in [-0.2, 0) is 5.41 Å². The molecule has 0 aromatic carbocycles. The Balaban J connectivity index is 2.46. The third-order valence-electron chi connectivity index (χ3n) is 2.62. The average Bonchev–Trinajstić information content (AvgIpc) is 2.39. The van der Waals surface area contributed by atoms with Gasteiger partial charge in [-0.2, -0.15) is 10.2 Å². The van der Waals surface area contributed by atoms with Crippen LogP contribution in [0.5, 0.6) is 0 Å². The monoisotopic (exact) mass is 206 g/mol. The maximum absolute atomic E-state index is 5.62. The van der Waals surface area contributed by atoms with E-state index in [-0.39, 0.29) is 0 Å². The number of terminal acetylenes is 2. The second-order valence-corrected chi connectivity index (χ2v) is 3.60. The Labute approximate surface area is 95.1 Å². The van der Waals surface area contributed by atoms with Gasteiger partial charge in [0.05, 0.1) is 11.1 Å². The lowest BCUT2D eigenvalue weighted by molar-refractivity contribution is 0.647. The van der Waals surface area contributed by atoms with E-state index in [9.17, 15) is 0 Å². The number of allylic oxidation sites excluding steroid dienone is 4. The summed E-state index contributed by atoms with van der Waals surface area (Å²) in [5.74, 6) is 5.40. The van der Waals surface area contributed by atoms with E-state index in [1.165, 1.54) is 0 Å². The van der Waals surface area contributed by atoms with Crippen LogP contribution >= 0.6 is 0 Å². The van der Waals surface area contributed by atoms with E-state index >= 15 is 0 Å². The summed E-state index contributed by atoms with van der Waals surface area (Å²) < 4.78 is 0. The molecule has 0 bridgehead atoms. The van der Waals surface area contributed by atoms with Gasteiger partial charge in [0.15, 0.2) is 0 Å². The highest BCUT2D eigenvalue weighted by molar-refractivity contribution is 5.46. The van der Waals surface area contributed by atoms with E-state index in [1.54, 1.807) is 6.20 Å². The average molecular weight is 206 g/mol. The van der Waals surface area contributed by atoms with Gasteiger partial charge in [-0.15, -0.1) is 12.8 Å². The third-order valence-corrected chi connectivity index (χ3v) is 2.62. The predicted octanol–water partition coefficient (Wildman–Crippen LogP) is 1.87. The van der Waals surface area contributed by atoms with Gasteiger partial charge in [-0.05, 0) is 12.1 Å². The summed E-state index contributed by atoms with van der Waals surface area (Å²) in [6.07, 6.45) is 19.0. The first kappa shape index (κ1) is 10.2. The van der Waals surface area contributed by atoms with Crippen LogP contribution in [0.3, 0.4) is 0 Å². The molecule has 1 unspecified atom stereocenters. The number of nitrogens with zero attached hydrogens (tertiary/aromatic N) is 2. The predicted molar refractivity (Wildman–Crippen MR) is 63.2 cm³/mol. The van der Waals surface area contributed by atoms with Gasteiger partial charge in [0.1, 0.15) is 0 Å². The Bertz CT molecular complexity index is 526. The SMILES string of the molecule is C#CC1=CC=CC(C#C)(c2cccnn2)C1. The fraction of sp³-hybridized carbons (Fsp3) is 0.143. The molecule has 76 valence electrons. The number of hydrogen-bond donors (Lipinski definition) is 0. The second kappa shape index (κ2) is 4.04. The largest absolute Gasteiger partial charge is 0.159 e. The van der Waals surface area contributed by atoms with E-state index in [0.29, 0.717) is 6.42 Å². The van der Waals surface area contributed by atoms with Crippen LogP contribution < -0.4 is 0 Å². The molecule has 1 aromatic heterocycles. The minimum Gasteiger partial charge on any atom is -0.159 e. The summed E-state index contributed by atoms with van der Waals surface area (Å²) in [6, 6.07) is 3.69. The summed E-state index contributed by atoms with van der Waals surface area (Å²) in [5, 5.41) is 7.93. The van der Waals surface area contributed by atoms with Gasteiger partial charge in [-0.1, -0.05) is 30.1 Å². The standard InChI is InChI=1S/C14H10N2/c1-3-12-7-5-9-14(4-2,11-12)13-8-6-10-15-16-13/h1-2,5-10H,11H2. The summed E-state index contributed by atoms with van der Waals surface area (Å²) in [5.41, 5.74) is 1.09. The van der Waals surface area contributed by atoms with E-state index < -0.39 is 5.41 Å². The number of hydrogen-bond acceptors (Lipinski definition) is 2. The molecule has 2 rings (SSSR count). The van der Waals surface area contributed by atoms with Crippen LogP contribution in [0.1, 0.15) is 12.1 Å². The molecule has 1 aliphatic rings. The molecular formula is C14H10N2. The molecule has 0 fully saturated rings. The Morgan fingerprint density at radius 3 is 2.88 bits per heavy atom. The van der Waals surface area contributed by atoms with Crippen molar-refractivity contribution in [3.8, 4) is 24.7 Å². The van der Waals surface area contributed by atoms with E-state index in [1.807, 2.05) is 30.4 Å². The zero-order valence-electron chi connectivity index (χ0n) is 8.72. The van der Waals surface area contributed by atoms with Gasteiger partial charge in [-0.25, -0.2) is 0 Å². The van der Waals surface area contributed by atoms with Crippen molar-refractivity contribution in [2.24, 2.45) is 0 Å². The highest BCUT2D eigenvalue weighted by Crippen LogP contribution is 2.33. The van der Waals surface area contributed by atoms with Gasteiger partial charge in [0, 0.05) is 18.2 Å². The molecule has 0 spiro atoms. The molecule has 0 aliphatic heterocycles. The highest BCUT2D eigenvalue weighted by atomic mass is 15.1. The smallest absolute Gasteiger partial charge is 0.0979 e. The molecule has 2 heteroatoms. The lowest BCUT2D eigenvalue weighted by Gasteiger charge is -2.25. The summed E-state index contributed by atoms with van der Waals surface area (Å²) >= 11 is 0. The normalized spacial score (nSPS) is 23.0. The van der Waals surface area contributed by atoms with Crippen molar-refractivity contribution in [1.29, 1.82) is 0 Å². The molecule has 1 aromatic rings. The lowest BCUT2D eigenvalue weighted by Crippen LogP contribution is -2.25. The van der Waals surface area contributed by atoms with Crippen LogP contribution in [0.15, 0.2) is 42.1 Å². The van der Waals surface area contributed by atoms with Crippen molar-refractivity contribution in [2.45, 2.75) is 11.8 Å². The maximum Gasteiger partial charge on any atom is 0.0979 e.